The van der Waals surface area contributed by atoms with Crippen molar-refractivity contribution in [3.8, 4) is 0 Å². The third-order valence-electron chi connectivity index (χ3n) is 1.86. The number of hydrogen-bond acceptors (Lipinski definition) is 6. The van der Waals surface area contributed by atoms with Gasteiger partial charge in [0.1, 0.15) is 5.02 Å². The van der Waals surface area contributed by atoms with Gasteiger partial charge in [0, 0.05) is 17.3 Å². The Labute approximate surface area is 108 Å². The fraction of sp³-hybridized carbons (Fsp3) is 0.125. The van der Waals surface area contributed by atoms with Gasteiger partial charge in [-0.25, -0.2) is 4.79 Å². The van der Waals surface area contributed by atoms with Gasteiger partial charge in [0.25, 0.3) is 5.69 Å². The van der Waals surface area contributed by atoms with Crippen LogP contribution in [-0.2, 0) is 16.0 Å². The zero-order valence-electron chi connectivity index (χ0n) is 8.84. The van der Waals surface area contributed by atoms with E-state index in [2.05, 4.69) is 4.74 Å². The van der Waals surface area contributed by atoms with Crippen LogP contribution < -0.4 is 4.72 Å². The maximum atomic E-state index is 11.3. The largest absolute Gasteiger partial charge is 0.755 e. The number of carbonyl (C=O) groups excluding carboxylic acids is 1. The van der Waals surface area contributed by atoms with Crippen LogP contribution >= 0.6 is 11.6 Å². The van der Waals surface area contributed by atoms with Gasteiger partial charge in [0.15, 0.2) is 0 Å². The van der Waals surface area contributed by atoms with Gasteiger partial charge in [0.05, 0.1) is 23.3 Å². The fourth-order valence-electron chi connectivity index (χ4n) is 1.14. The van der Waals surface area contributed by atoms with Gasteiger partial charge in [-0.1, -0.05) is 11.6 Å². The first-order chi connectivity index (χ1) is 8.36. The summed E-state index contributed by atoms with van der Waals surface area (Å²) in [6.07, 6.45) is 0. The molecule has 0 fully saturated rings. The van der Waals surface area contributed by atoms with Crippen LogP contribution in [0.3, 0.4) is 0 Å². The van der Waals surface area contributed by atoms with Crippen LogP contribution in [0.2, 0.25) is 5.02 Å². The molecule has 1 N–H and O–H groups in total. The molecule has 0 heterocycles. The lowest BCUT2D eigenvalue weighted by molar-refractivity contribution is -0.384. The van der Waals surface area contributed by atoms with Crippen LogP contribution in [0, 0.1) is 10.1 Å². The SMILES string of the molecule is COC(=O)c1cc(NS(=O)[O-])c(Cl)c([N+](=O)[O-])c1. The lowest BCUT2D eigenvalue weighted by Crippen LogP contribution is -2.08. The number of rotatable bonds is 4. The van der Waals surface area contributed by atoms with Gasteiger partial charge in [0.2, 0.25) is 0 Å². The lowest BCUT2D eigenvalue weighted by Gasteiger charge is -2.11. The molecule has 98 valence electrons. The molecule has 0 saturated carbocycles. The topological polar surface area (TPSA) is 122 Å². The van der Waals surface area contributed by atoms with Crippen LogP contribution in [-0.4, -0.2) is 26.8 Å². The Morgan fingerprint density at radius 3 is 2.61 bits per heavy atom. The Hall–Kier alpha value is -1.71. The third kappa shape index (κ3) is 3.15. The second-order valence-electron chi connectivity index (χ2n) is 2.94. The Morgan fingerprint density at radius 1 is 1.56 bits per heavy atom. The summed E-state index contributed by atoms with van der Waals surface area (Å²) in [5, 5.41) is 10.3. The number of halogens is 1. The van der Waals surface area contributed by atoms with E-state index < -0.39 is 32.9 Å². The summed E-state index contributed by atoms with van der Waals surface area (Å²) < 4.78 is 27.2. The highest BCUT2D eigenvalue weighted by molar-refractivity contribution is 7.80. The Bertz CT molecular complexity index is 535. The molecule has 0 bridgehead atoms. The van der Waals surface area contributed by atoms with Crippen molar-refractivity contribution in [2.75, 3.05) is 11.8 Å². The van der Waals surface area contributed by atoms with E-state index in [-0.39, 0.29) is 11.3 Å². The van der Waals surface area contributed by atoms with E-state index in [0.29, 0.717) is 0 Å². The number of nitro groups is 1. The zero-order valence-corrected chi connectivity index (χ0v) is 10.4. The van der Waals surface area contributed by atoms with Gasteiger partial charge >= 0.3 is 5.97 Å². The highest BCUT2D eigenvalue weighted by Gasteiger charge is 2.21. The predicted octanol–water partition coefficient (Wildman–Crippen LogP) is 1.24. The van der Waals surface area contributed by atoms with Crippen LogP contribution in [0.25, 0.3) is 0 Å². The van der Waals surface area contributed by atoms with Crippen molar-refractivity contribution in [3.05, 3.63) is 32.8 Å². The fourth-order valence-corrected chi connectivity index (χ4v) is 1.76. The molecule has 0 aromatic heterocycles. The van der Waals surface area contributed by atoms with Crippen molar-refractivity contribution in [2.45, 2.75) is 0 Å². The number of nitrogens with zero attached hydrogens (tertiary/aromatic N) is 1. The number of carbonyl (C=O) groups is 1. The van der Waals surface area contributed by atoms with Gasteiger partial charge in [-0.05, 0) is 6.07 Å². The molecule has 0 aliphatic heterocycles. The minimum absolute atomic E-state index is 0.193. The van der Waals surface area contributed by atoms with Crippen molar-refractivity contribution >= 4 is 40.2 Å². The number of anilines is 1. The monoisotopic (exact) mass is 293 g/mol. The van der Waals surface area contributed by atoms with Crippen molar-refractivity contribution < 1.29 is 23.2 Å². The summed E-state index contributed by atoms with van der Waals surface area (Å²) in [4.78, 5) is 21.1. The normalized spacial score (nSPS) is 11.7. The van der Waals surface area contributed by atoms with E-state index in [1.54, 1.807) is 0 Å². The summed E-state index contributed by atoms with van der Waals surface area (Å²) >= 11 is 2.91. The van der Waals surface area contributed by atoms with Gasteiger partial charge in [-0.3, -0.25) is 14.3 Å². The molecule has 0 radical (unpaired) electrons. The second kappa shape index (κ2) is 5.76. The van der Waals surface area contributed by atoms with Crippen LogP contribution in [0.4, 0.5) is 11.4 Å². The molecule has 1 aromatic carbocycles. The first-order valence-corrected chi connectivity index (χ1v) is 5.74. The summed E-state index contributed by atoms with van der Waals surface area (Å²) in [5.41, 5.74) is -1.08. The molecule has 1 aromatic rings. The molecule has 8 nitrogen and oxygen atoms in total. The smallest absolute Gasteiger partial charge is 0.338 e. The molecule has 18 heavy (non-hydrogen) atoms. The molecule has 0 saturated heterocycles. The van der Waals surface area contributed by atoms with Crippen molar-refractivity contribution in [2.24, 2.45) is 0 Å². The molecule has 1 unspecified atom stereocenters. The summed E-state index contributed by atoms with van der Waals surface area (Å²) in [7, 11) is 1.08. The maximum Gasteiger partial charge on any atom is 0.338 e. The van der Waals surface area contributed by atoms with Gasteiger partial charge < -0.3 is 14.0 Å². The van der Waals surface area contributed by atoms with E-state index in [9.17, 15) is 23.7 Å². The highest BCUT2D eigenvalue weighted by Crippen LogP contribution is 2.33. The molecule has 1 rings (SSSR count). The van der Waals surface area contributed by atoms with Crippen LogP contribution in [0.15, 0.2) is 12.1 Å². The van der Waals surface area contributed by atoms with Crippen molar-refractivity contribution in [3.63, 3.8) is 0 Å². The van der Waals surface area contributed by atoms with E-state index in [1.165, 1.54) is 0 Å². The third-order valence-corrected chi connectivity index (χ3v) is 2.65. The zero-order chi connectivity index (χ0) is 13.9. The number of ether oxygens (including phenoxy) is 1. The van der Waals surface area contributed by atoms with E-state index in [0.717, 1.165) is 19.2 Å². The summed E-state index contributed by atoms with van der Waals surface area (Å²) in [6, 6.07) is 1.93. The molecule has 0 aliphatic rings. The van der Waals surface area contributed by atoms with E-state index >= 15 is 0 Å². The minimum atomic E-state index is -2.73. The first kappa shape index (κ1) is 14.4. The van der Waals surface area contributed by atoms with E-state index in [1.807, 2.05) is 4.72 Å². The van der Waals surface area contributed by atoms with Gasteiger partial charge in [-0.15, -0.1) is 0 Å². The summed E-state index contributed by atoms with van der Waals surface area (Å²) in [6.45, 7) is 0. The number of hydrogen-bond donors (Lipinski definition) is 1. The van der Waals surface area contributed by atoms with Gasteiger partial charge in [-0.2, -0.15) is 0 Å². The number of nitrogens with one attached hydrogen (secondary N) is 1. The number of methoxy groups -OCH3 is 1. The Morgan fingerprint density at radius 2 is 2.17 bits per heavy atom. The quantitative estimate of drug-likeness (QED) is 0.386. The van der Waals surface area contributed by atoms with Crippen LogP contribution in [0.1, 0.15) is 10.4 Å². The van der Waals surface area contributed by atoms with Crippen molar-refractivity contribution in [1.82, 2.24) is 0 Å². The lowest BCUT2D eigenvalue weighted by atomic mass is 10.2. The predicted molar refractivity (Wildman–Crippen MR) is 62.0 cm³/mol. The first-order valence-electron chi connectivity index (χ1n) is 4.29. The average molecular weight is 294 g/mol. The maximum absolute atomic E-state index is 11.3. The van der Waals surface area contributed by atoms with Crippen LogP contribution in [0.5, 0.6) is 0 Å². The summed E-state index contributed by atoms with van der Waals surface area (Å²) in [5.74, 6) is -0.852. The Balaban J connectivity index is 3.41. The molecule has 1 atom stereocenters. The van der Waals surface area contributed by atoms with E-state index in [4.69, 9.17) is 11.6 Å². The number of nitro benzene ring substituents is 1. The van der Waals surface area contributed by atoms with Crippen molar-refractivity contribution in [1.29, 1.82) is 0 Å². The standard InChI is InChI=1S/C8H7ClN2O6S/c1-17-8(12)4-2-5(10-18(15)16)7(9)6(3-4)11(13)14/h2-3,10H,1H3,(H,15,16)/p-1. The number of esters is 1. The molecule has 10 heteroatoms. The average Bonchev–Trinajstić information content (AvgIpc) is 2.29. The molecule has 0 aliphatic carbocycles. The number of benzene rings is 1. The second-order valence-corrected chi connectivity index (χ2v) is 3.99. The molecular formula is C8H6ClN2O6S-. The Kier molecular flexibility index (Phi) is 4.59. The molecule has 0 amide bonds. The molecular weight excluding hydrogens is 288 g/mol. The minimum Gasteiger partial charge on any atom is -0.755 e. The highest BCUT2D eigenvalue weighted by atomic mass is 35.5. The molecule has 0 spiro atoms.